The zero-order chi connectivity index (χ0) is 17.4. The van der Waals surface area contributed by atoms with Gasteiger partial charge in [0.25, 0.3) is 5.69 Å². The smallest absolute Gasteiger partial charge is 0.281 e. The average Bonchev–Trinajstić information content (AvgIpc) is 2.80. The fourth-order valence-corrected chi connectivity index (χ4v) is 2.67. The molecular weight excluding hydrogens is 308 g/mol. The van der Waals surface area contributed by atoms with Crippen LogP contribution in [0.1, 0.15) is 26.3 Å². The number of fused-ring (bicyclic) bond motifs is 1. The van der Waals surface area contributed by atoms with E-state index in [1.165, 1.54) is 24.3 Å². The lowest BCUT2D eigenvalue weighted by Crippen LogP contribution is -2.08. The van der Waals surface area contributed by atoms with Gasteiger partial charge < -0.3 is 4.90 Å². The van der Waals surface area contributed by atoms with Crippen LogP contribution < -0.4 is 4.90 Å². The van der Waals surface area contributed by atoms with Crippen molar-refractivity contribution in [2.75, 3.05) is 19.0 Å². The van der Waals surface area contributed by atoms with Crippen molar-refractivity contribution in [3.05, 3.63) is 74.8 Å². The first kappa shape index (κ1) is 15.6. The molecule has 0 amide bonds. The number of ketones is 2. The molecule has 6 nitrogen and oxygen atoms in total. The van der Waals surface area contributed by atoms with Crippen molar-refractivity contribution in [3.63, 3.8) is 0 Å². The minimum atomic E-state index is -0.640. The number of carbonyl (C=O) groups is 2. The molecule has 1 aliphatic carbocycles. The third-order valence-corrected chi connectivity index (χ3v) is 3.92. The maximum absolute atomic E-state index is 12.5. The molecule has 0 saturated heterocycles. The summed E-state index contributed by atoms with van der Waals surface area (Å²) in [5.74, 6) is -1.07. The number of hydrogen-bond acceptors (Lipinski definition) is 5. The number of anilines is 1. The van der Waals surface area contributed by atoms with E-state index < -0.39 is 16.5 Å². The molecule has 3 rings (SSSR count). The molecule has 120 valence electrons. The van der Waals surface area contributed by atoms with Gasteiger partial charge in [0.05, 0.1) is 10.5 Å². The highest BCUT2D eigenvalue weighted by atomic mass is 16.6. The molecule has 6 heteroatoms. The fourth-order valence-electron chi connectivity index (χ4n) is 2.67. The Morgan fingerprint density at radius 3 is 2.25 bits per heavy atom. The van der Waals surface area contributed by atoms with Gasteiger partial charge in [0.1, 0.15) is 5.56 Å². The van der Waals surface area contributed by atoms with Crippen LogP contribution in [0.15, 0.2) is 48.0 Å². The Hall–Kier alpha value is -3.28. The molecule has 24 heavy (non-hydrogen) atoms. The summed E-state index contributed by atoms with van der Waals surface area (Å²) >= 11 is 0. The zero-order valence-corrected chi connectivity index (χ0v) is 13.1. The third kappa shape index (κ3) is 2.48. The summed E-state index contributed by atoms with van der Waals surface area (Å²) in [4.78, 5) is 37.3. The Bertz CT molecular complexity index is 896. The first-order chi connectivity index (χ1) is 11.4. The van der Waals surface area contributed by atoms with Crippen molar-refractivity contribution < 1.29 is 14.5 Å². The number of Topliss-reactive ketones (excluding diaryl/α,β-unsaturated/α-hetero) is 2. The van der Waals surface area contributed by atoms with Gasteiger partial charge in [-0.3, -0.25) is 19.7 Å². The van der Waals surface area contributed by atoms with Crippen molar-refractivity contribution in [2.45, 2.75) is 0 Å². The second kappa shape index (κ2) is 5.73. The van der Waals surface area contributed by atoms with E-state index >= 15 is 0 Å². The Labute approximate surface area is 138 Å². The van der Waals surface area contributed by atoms with Crippen LogP contribution in [0, 0.1) is 10.1 Å². The van der Waals surface area contributed by atoms with E-state index in [9.17, 15) is 19.7 Å². The van der Waals surface area contributed by atoms with Gasteiger partial charge in [-0.15, -0.1) is 0 Å². The Morgan fingerprint density at radius 2 is 1.67 bits per heavy atom. The van der Waals surface area contributed by atoms with E-state index in [4.69, 9.17) is 0 Å². The van der Waals surface area contributed by atoms with Gasteiger partial charge in [-0.25, -0.2) is 0 Å². The van der Waals surface area contributed by atoms with E-state index in [-0.39, 0.29) is 22.4 Å². The molecule has 0 saturated carbocycles. The summed E-state index contributed by atoms with van der Waals surface area (Å²) in [6.45, 7) is 0. The van der Waals surface area contributed by atoms with E-state index in [2.05, 4.69) is 0 Å². The Morgan fingerprint density at radius 1 is 1.00 bits per heavy atom. The highest BCUT2D eigenvalue weighted by Crippen LogP contribution is 2.34. The molecule has 2 aromatic carbocycles. The van der Waals surface area contributed by atoms with Crippen LogP contribution in [-0.4, -0.2) is 30.6 Å². The lowest BCUT2D eigenvalue weighted by molar-refractivity contribution is -0.385. The van der Waals surface area contributed by atoms with E-state index in [0.717, 1.165) is 5.69 Å². The van der Waals surface area contributed by atoms with Crippen molar-refractivity contribution in [1.29, 1.82) is 0 Å². The Balaban J connectivity index is 2.05. The zero-order valence-electron chi connectivity index (χ0n) is 13.1. The number of rotatable bonds is 3. The van der Waals surface area contributed by atoms with Gasteiger partial charge in [-0.1, -0.05) is 18.2 Å². The number of benzene rings is 2. The molecule has 0 N–H and O–H groups in total. The molecule has 0 atom stereocenters. The number of nitro benzene ring substituents is 1. The second-order valence-corrected chi connectivity index (χ2v) is 5.66. The van der Waals surface area contributed by atoms with Crippen LogP contribution in [0.3, 0.4) is 0 Å². The summed E-state index contributed by atoms with van der Waals surface area (Å²) < 4.78 is 0. The SMILES string of the molecule is CN(C)c1ccc(/C=C2\C(=O)c3cccc([N+](=O)[O-])c3C2=O)cc1. The van der Waals surface area contributed by atoms with E-state index in [0.29, 0.717) is 5.56 Å². The summed E-state index contributed by atoms with van der Waals surface area (Å²) in [7, 11) is 3.82. The van der Waals surface area contributed by atoms with Gasteiger partial charge in [0.15, 0.2) is 5.78 Å². The average molecular weight is 322 g/mol. The number of hydrogen-bond donors (Lipinski definition) is 0. The van der Waals surface area contributed by atoms with Crippen molar-refractivity contribution >= 4 is 29.0 Å². The predicted molar refractivity (Wildman–Crippen MR) is 90.5 cm³/mol. The summed E-state index contributed by atoms with van der Waals surface area (Å²) in [6, 6.07) is 11.4. The van der Waals surface area contributed by atoms with E-state index in [1.807, 2.05) is 31.1 Å². The lowest BCUT2D eigenvalue weighted by atomic mass is 10.1. The molecule has 0 unspecified atom stereocenters. The molecule has 0 fully saturated rings. The minimum Gasteiger partial charge on any atom is -0.378 e. The van der Waals surface area contributed by atoms with Crippen molar-refractivity contribution in [1.82, 2.24) is 0 Å². The van der Waals surface area contributed by atoms with Gasteiger partial charge in [0, 0.05) is 31.4 Å². The quantitative estimate of drug-likeness (QED) is 0.375. The van der Waals surface area contributed by atoms with Crippen LogP contribution >= 0.6 is 0 Å². The largest absolute Gasteiger partial charge is 0.378 e. The first-order valence-electron chi connectivity index (χ1n) is 7.26. The Kier molecular flexibility index (Phi) is 3.73. The molecule has 0 bridgehead atoms. The molecule has 0 radical (unpaired) electrons. The lowest BCUT2D eigenvalue weighted by Gasteiger charge is -2.11. The molecule has 1 aliphatic rings. The number of carbonyl (C=O) groups excluding carboxylic acids is 2. The maximum atomic E-state index is 12.5. The summed E-state index contributed by atoms with van der Waals surface area (Å²) in [5.41, 5.74) is 1.26. The third-order valence-electron chi connectivity index (χ3n) is 3.92. The van der Waals surface area contributed by atoms with Crippen molar-refractivity contribution in [2.24, 2.45) is 0 Å². The fraction of sp³-hybridized carbons (Fsp3) is 0.111. The highest BCUT2D eigenvalue weighted by molar-refractivity contribution is 6.42. The summed E-state index contributed by atoms with van der Waals surface area (Å²) in [5, 5.41) is 11.1. The normalized spacial score (nSPS) is 14.8. The second-order valence-electron chi connectivity index (χ2n) is 5.66. The van der Waals surface area contributed by atoms with Crippen molar-refractivity contribution in [3.8, 4) is 0 Å². The monoisotopic (exact) mass is 322 g/mol. The first-order valence-corrected chi connectivity index (χ1v) is 7.26. The van der Waals surface area contributed by atoms with E-state index in [1.54, 1.807) is 12.1 Å². The number of nitro groups is 1. The van der Waals surface area contributed by atoms with Crippen LogP contribution in [0.2, 0.25) is 0 Å². The van der Waals surface area contributed by atoms with Crippen LogP contribution in [0.25, 0.3) is 6.08 Å². The van der Waals surface area contributed by atoms with Gasteiger partial charge in [-0.2, -0.15) is 0 Å². The molecule has 0 spiro atoms. The van der Waals surface area contributed by atoms with Gasteiger partial charge >= 0.3 is 0 Å². The molecule has 0 aromatic heterocycles. The maximum Gasteiger partial charge on any atom is 0.281 e. The van der Waals surface area contributed by atoms with Gasteiger partial charge in [0.2, 0.25) is 5.78 Å². The number of nitrogens with zero attached hydrogens (tertiary/aromatic N) is 2. The molecule has 0 aliphatic heterocycles. The topological polar surface area (TPSA) is 80.5 Å². The molecule has 0 heterocycles. The predicted octanol–water partition coefficient (Wildman–Crippen LogP) is 3.12. The molecule has 2 aromatic rings. The minimum absolute atomic E-state index is 0.0445. The number of allylic oxidation sites excluding steroid dienone is 1. The standard InChI is InChI=1S/C18H14N2O4/c1-19(2)12-8-6-11(7-9-12)10-14-17(21)13-4-3-5-15(20(23)24)16(13)18(14)22/h3-10H,1-2H3/b14-10+. The van der Waals surface area contributed by atoms with Crippen LogP contribution in [0.5, 0.6) is 0 Å². The molecular formula is C18H14N2O4. The van der Waals surface area contributed by atoms with Crippen LogP contribution in [-0.2, 0) is 0 Å². The summed E-state index contributed by atoms with van der Waals surface area (Å²) in [6.07, 6.45) is 1.48. The van der Waals surface area contributed by atoms with Crippen LogP contribution in [0.4, 0.5) is 11.4 Å². The highest BCUT2D eigenvalue weighted by Gasteiger charge is 2.38. The van der Waals surface area contributed by atoms with Gasteiger partial charge in [-0.05, 0) is 29.8 Å².